The zero-order valence-electron chi connectivity index (χ0n) is 11.8. The lowest BCUT2D eigenvalue weighted by Gasteiger charge is -2.55. The number of nitrogens with zero attached hydrogens (tertiary/aromatic N) is 2. The molecule has 3 aliphatic heterocycles. The molecule has 0 aliphatic carbocycles. The molecule has 0 amide bonds. The Morgan fingerprint density at radius 1 is 0.611 bits per heavy atom. The van der Waals surface area contributed by atoms with Crippen molar-refractivity contribution in [3.63, 3.8) is 0 Å². The van der Waals surface area contributed by atoms with Crippen LogP contribution in [0, 0.1) is 0 Å². The fraction of sp³-hybridized carbons (Fsp3) is 1.00. The number of rotatable bonds is 2. The number of nitrogens with one attached hydrogen (secondary N) is 1. The maximum absolute atomic E-state index is 3.56. The Balaban J connectivity index is 1.77. The molecule has 3 aliphatic rings. The summed E-state index contributed by atoms with van der Waals surface area (Å²) in [6.45, 7) is 7.81. The van der Waals surface area contributed by atoms with Crippen LogP contribution in [0.15, 0.2) is 0 Å². The largest absolute Gasteiger partial charge is 0.316 e. The fourth-order valence-electron chi connectivity index (χ4n) is 4.28. The highest BCUT2D eigenvalue weighted by molar-refractivity contribution is 4.96. The zero-order chi connectivity index (χ0) is 12.3. The molecule has 0 aromatic heterocycles. The van der Waals surface area contributed by atoms with Gasteiger partial charge in [0.05, 0.1) is 5.66 Å². The highest BCUT2D eigenvalue weighted by Gasteiger charge is 2.43. The Labute approximate surface area is 112 Å². The molecule has 0 bridgehead atoms. The van der Waals surface area contributed by atoms with Gasteiger partial charge in [-0.05, 0) is 77.8 Å². The summed E-state index contributed by atoms with van der Waals surface area (Å²) in [6, 6.07) is 0. The van der Waals surface area contributed by atoms with Gasteiger partial charge in [0.15, 0.2) is 0 Å². The van der Waals surface area contributed by atoms with Crippen molar-refractivity contribution in [1.82, 2.24) is 15.1 Å². The summed E-state index contributed by atoms with van der Waals surface area (Å²) >= 11 is 0. The van der Waals surface area contributed by atoms with Crippen molar-refractivity contribution in [3.8, 4) is 0 Å². The van der Waals surface area contributed by atoms with E-state index in [1.165, 1.54) is 90.6 Å². The van der Waals surface area contributed by atoms with E-state index in [0.29, 0.717) is 5.66 Å². The van der Waals surface area contributed by atoms with Crippen LogP contribution in [0.5, 0.6) is 0 Å². The molecule has 0 atom stereocenters. The summed E-state index contributed by atoms with van der Waals surface area (Å²) in [5, 5.41) is 3.56. The van der Waals surface area contributed by atoms with E-state index in [-0.39, 0.29) is 0 Å². The lowest BCUT2D eigenvalue weighted by atomic mass is 9.89. The van der Waals surface area contributed by atoms with Crippen molar-refractivity contribution in [2.24, 2.45) is 0 Å². The fourth-order valence-corrected chi connectivity index (χ4v) is 4.28. The molecule has 0 aromatic rings. The predicted molar refractivity (Wildman–Crippen MR) is 75.7 cm³/mol. The third kappa shape index (κ3) is 2.45. The minimum absolute atomic E-state index is 0.423. The molecule has 3 heterocycles. The lowest BCUT2D eigenvalue weighted by molar-refractivity contribution is -0.0957. The third-order valence-electron chi connectivity index (χ3n) is 5.29. The van der Waals surface area contributed by atoms with Crippen LogP contribution in [0.2, 0.25) is 0 Å². The molecule has 18 heavy (non-hydrogen) atoms. The van der Waals surface area contributed by atoms with Gasteiger partial charge in [0.2, 0.25) is 0 Å². The monoisotopic (exact) mass is 251 g/mol. The second-order valence-corrected chi connectivity index (χ2v) is 6.33. The first-order valence-corrected chi connectivity index (χ1v) is 8.13. The Morgan fingerprint density at radius 2 is 1.06 bits per heavy atom. The van der Waals surface area contributed by atoms with Crippen LogP contribution in [0.4, 0.5) is 0 Å². The van der Waals surface area contributed by atoms with Gasteiger partial charge in [0.25, 0.3) is 0 Å². The maximum Gasteiger partial charge on any atom is 0.0762 e. The molecule has 3 fully saturated rings. The van der Waals surface area contributed by atoms with Crippen molar-refractivity contribution in [1.29, 1.82) is 0 Å². The summed E-state index contributed by atoms with van der Waals surface area (Å²) < 4.78 is 0. The standard InChI is InChI=1S/C15H29N3/c1-3-11-17(12-4-1)15(7-9-16-10-8-15)18-13-5-2-6-14-18/h16H,1-14H2. The van der Waals surface area contributed by atoms with E-state index in [2.05, 4.69) is 15.1 Å². The van der Waals surface area contributed by atoms with Crippen LogP contribution >= 0.6 is 0 Å². The predicted octanol–water partition coefficient (Wildman–Crippen LogP) is 2.04. The summed E-state index contributed by atoms with van der Waals surface area (Å²) in [7, 11) is 0. The van der Waals surface area contributed by atoms with E-state index in [1.807, 2.05) is 0 Å². The van der Waals surface area contributed by atoms with Gasteiger partial charge in [-0.25, -0.2) is 0 Å². The third-order valence-corrected chi connectivity index (χ3v) is 5.29. The van der Waals surface area contributed by atoms with Crippen LogP contribution in [0.3, 0.4) is 0 Å². The first kappa shape index (κ1) is 12.9. The van der Waals surface area contributed by atoms with Gasteiger partial charge < -0.3 is 5.32 Å². The second-order valence-electron chi connectivity index (χ2n) is 6.33. The molecule has 3 rings (SSSR count). The first-order chi connectivity index (χ1) is 8.92. The summed E-state index contributed by atoms with van der Waals surface area (Å²) in [4.78, 5) is 5.70. The van der Waals surface area contributed by atoms with Gasteiger partial charge in [-0.2, -0.15) is 0 Å². The quantitative estimate of drug-likeness (QED) is 0.810. The van der Waals surface area contributed by atoms with E-state index in [1.54, 1.807) is 0 Å². The molecule has 3 heteroatoms. The summed E-state index contributed by atoms with van der Waals surface area (Å²) in [5.41, 5.74) is 0.423. The summed E-state index contributed by atoms with van der Waals surface area (Å²) in [5.74, 6) is 0. The summed E-state index contributed by atoms with van der Waals surface area (Å²) in [6.07, 6.45) is 11.3. The van der Waals surface area contributed by atoms with Gasteiger partial charge in [0, 0.05) is 0 Å². The molecule has 0 radical (unpaired) electrons. The Bertz CT molecular complexity index is 228. The minimum Gasteiger partial charge on any atom is -0.316 e. The Kier molecular flexibility index (Phi) is 4.22. The molecular formula is C15H29N3. The minimum atomic E-state index is 0.423. The molecule has 1 N–H and O–H groups in total. The number of piperidine rings is 3. The average molecular weight is 251 g/mol. The highest BCUT2D eigenvalue weighted by atomic mass is 15.4. The smallest absolute Gasteiger partial charge is 0.0762 e. The molecule has 104 valence electrons. The zero-order valence-corrected chi connectivity index (χ0v) is 11.8. The van der Waals surface area contributed by atoms with Crippen molar-refractivity contribution in [3.05, 3.63) is 0 Å². The van der Waals surface area contributed by atoms with E-state index in [4.69, 9.17) is 0 Å². The van der Waals surface area contributed by atoms with Gasteiger partial charge in [0.1, 0.15) is 0 Å². The van der Waals surface area contributed by atoms with Crippen LogP contribution in [0.1, 0.15) is 51.4 Å². The molecule has 3 nitrogen and oxygen atoms in total. The SMILES string of the molecule is C1CCN(C2(N3CCCCC3)CCNCC2)CC1. The van der Waals surface area contributed by atoms with E-state index in [9.17, 15) is 0 Å². The molecule has 3 saturated heterocycles. The highest BCUT2D eigenvalue weighted by Crippen LogP contribution is 2.34. The normalized spacial score (nSPS) is 31.3. The van der Waals surface area contributed by atoms with Crippen molar-refractivity contribution in [2.75, 3.05) is 39.3 Å². The van der Waals surface area contributed by atoms with E-state index >= 15 is 0 Å². The Hall–Kier alpha value is -0.120. The molecule has 0 aromatic carbocycles. The molecule has 0 spiro atoms. The second kappa shape index (κ2) is 5.89. The van der Waals surface area contributed by atoms with Crippen molar-refractivity contribution in [2.45, 2.75) is 57.0 Å². The molecule has 0 unspecified atom stereocenters. The van der Waals surface area contributed by atoms with Crippen molar-refractivity contribution >= 4 is 0 Å². The molecular weight excluding hydrogens is 222 g/mol. The van der Waals surface area contributed by atoms with Crippen LogP contribution < -0.4 is 5.32 Å². The van der Waals surface area contributed by atoms with Gasteiger partial charge in [-0.1, -0.05) is 12.8 Å². The number of hydrogen-bond donors (Lipinski definition) is 1. The van der Waals surface area contributed by atoms with E-state index in [0.717, 1.165) is 0 Å². The van der Waals surface area contributed by atoms with Gasteiger partial charge in [-0.3, -0.25) is 9.80 Å². The van der Waals surface area contributed by atoms with Gasteiger partial charge in [-0.15, -0.1) is 0 Å². The van der Waals surface area contributed by atoms with E-state index < -0.39 is 0 Å². The lowest BCUT2D eigenvalue weighted by Crippen LogP contribution is -2.66. The molecule has 0 saturated carbocycles. The van der Waals surface area contributed by atoms with Crippen LogP contribution in [-0.4, -0.2) is 54.7 Å². The van der Waals surface area contributed by atoms with Crippen molar-refractivity contribution < 1.29 is 0 Å². The Morgan fingerprint density at radius 3 is 1.50 bits per heavy atom. The average Bonchev–Trinajstić information content (AvgIpc) is 2.50. The maximum atomic E-state index is 3.56. The topological polar surface area (TPSA) is 18.5 Å². The van der Waals surface area contributed by atoms with Crippen LogP contribution in [-0.2, 0) is 0 Å². The number of hydrogen-bond acceptors (Lipinski definition) is 3. The first-order valence-electron chi connectivity index (χ1n) is 8.13. The van der Waals surface area contributed by atoms with Crippen LogP contribution in [0.25, 0.3) is 0 Å². The van der Waals surface area contributed by atoms with Gasteiger partial charge >= 0.3 is 0 Å². The number of likely N-dealkylation sites (tertiary alicyclic amines) is 2.